The van der Waals surface area contributed by atoms with Gasteiger partial charge in [-0.05, 0) is 25.3 Å². The lowest BCUT2D eigenvalue weighted by molar-refractivity contribution is 0.343. The Balaban J connectivity index is 2.71. The fraction of sp³-hybridized carbons (Fsp3) is 0.200. The summed E-state index contributed by atoms with van der Waals surface area (Å²) in [5.74, 6) is 6.89. The molecule has 0 saturated carbocycles. The van der Waals surface area contributed by atoms with Crippen molar-refractivity contribution in [2.75, 3.05) is 6.61 Å². The molecular formula is C15H14O. The van der Waals surface area contributed by atoms with Gasteiger partial charge in [0.15, 0.2) is 0 Å². The predicted octanol–water partition coefficient (Wildman–Crippen LogP) is 3.61. The molecule has 0 aliphatic rings. The molecule has 80 valence electrons. The molecule has 1 nitrogen and oxygen atoms in total. The van der Waals surface area contributed by atoms with E-state index in [1.54, 1.807) is 0 Å². The van der Waals surface area contributed by atoms with E-state index in [-0.39, 0.29) is 0 Å². The second-order valence-corrected chi connectivity index (χ2v) is 3.47. The number of rotatable bonds is 2. The van der Waals surface area contributed by atoms with Gasteiger partial charge in [0.2, 0.25) is 0 Å². The topological polar surface area (TPSA) is 9.23 Å². The number of hydrogen-bond acceptors (Lipinski definition) is 1. The van der Waals surface area contributed by atoms with Gasteiger partial charge in [0.05, 0.1) is 12.2 Å². The summed E-state index contributed by atoms with van der Waals surface area (Å²) in [6.45, 7) is 4.49. The first kappa shape index (κ1) is 10.6. The summed E-state index contributed by atoms with van der Waals surface area (Å²) in [4.78, 5) is 0. The van der Waals surface area contributed by atoms with Crippen molar-refractivity contribution < 1.29 is 4.74 Å². The monoisotopic (exact) mass is 210 g/mol. The van der Waals surface area contributed by atoms with Crippen LogP contribution < -0.4 is 4.74 Å². The van der Waals surface area contributed by atoms with Gasteiger partial charge in [0.1, 0.15) is 5.75 Å². The van der Waals surface area contributed by atoms with Crippen LogP contribution in [0.2, 0.25) is 0 Å². The van der Waals surface area contributed by atoms with Crippen molar-refractivity contribution in [1.82, 2.24) is 0 Å². The van der Waals surface area contributed by atoms with E-state index in [2.05, 4.69) is 30.0 Å². The summed E-state index contributed by atoms with van der Waals surface area (Å²) < 4.78 is 5.70. The van der Waals surface area contributed by atoms with Crippen LogP contribution in [0.3, 0.4) is 0 Å². The normalized spacial score (nSPS) is 9.62. The third-order valence-electron chi connectivity index (χ3n) is 2.43. The zero-order valence-electron chi connectivity index (χ0n) is 9.58. The molecule has 1 heteroatoms. The van der Waals surface area contributed by atoms with E-state index in [9.17, 15) is 0 Å². The molecule has 0 N–H and O–H groups in total. The highest BCUT2D eigenvalue weighted by molar-refractivity contribution is 5.90. The van der Waals surface area contributed by atoms with E-state index in [1.165, 1.54) is 5.39 Å². The number of benzene rings is 2. The highest BCUT2D eigenvalue weighted by Crippen LogP contribution is 2.29. The van der Waals surface area contributed by atoms with E-state index in [0.717, 1.165) is 16.7 Å². The highest BCUT2D eigenvalue weighted by Gasteiger charge is 2.06. The molecule has 0 amide bonds. The first-order valence-electron chi connectivity index (χ1n) is 5.44. The molecule has 0 radical (unpaired) electrons. The van der Waals surface area contributed by atoms with Gasteiger partial charge in [-0.25, -0.2) is 0 Å². The zero-order valence-corrected chi connectivity index (χ0v) is 9.58. The van der Waals surface area contributed by atoms with Crippen LogP contribution in [0.15, 0.2) is 36.4 Å². The van der Waals surface area contributed by atoms with Crippen molar-refractivity contribution in [2.45, 2.75) is 13.8 Å². The Kier molecular flexibility index (Phi) is 3.12. The predicted molar refractivity (Wildman–Crippen MR) is 67.7 cm³/mol. The van der Waals surface area contributed by atoms with Gasteiger partial charge in [-0.2, -0.15) is 0 Å². The van der Waals surface area contributed by atoms with Crippen molar-refractivity contribution in [3.63, 3.8) is 0 Å². The highest BCUT2D eigenvalue weighted by atomic mass is 16.5. The number of hydrogen-bond donors (Lipinski definition) is 0. The molecule has 0 heterocycles. The summed E-state index contributed by atoms with van der Waals surface area (Å²) >= 11 is 0. The molecule has 2 rings (SSSR count). The number of ether oxygens (including phenoxy) is 1. The lowest BCUT2D eigenvalue weighted by atomic mass is 10.1. The van der Waals surface area contributed by atoms with Crippen LogP contribution in [0.5, 0.6) is 5.75 Å². The summed E-state index contributed by atoms with van der Waals surface area (Å²) in [5.41, 5.74) is 0.961. The van der Waals surface area contributed by atoms with E-state index >= 15 is 0 Å². The first-order chi connectivity index (χ1) is 7.86. The molecule has 0 spiro atoms. The molecule has 0 aliphatic heterocycles. The maximum atomic E-state index is 5.70. The van der Waals surface area contributed by atoms with Crippen LogP contribution in [0, 0.1) is 11.8 Å². The van der Waals surface area contributed by atoms with Gasteiger partial charge >= 0.3 is 0 Å². The average Bonchev–Trinajstić information content (AvgIpc) is 2.32. The molecule has 16 heavy (non-hydrogen) atoms. The molecule has 0 aromatic heterocycles. The van der Waals surface area contributed by atoms with Gasteiger partial charge in [-0.15, -0.1) is 5.92 Å². The van der Waals surface area contributed by atoms with Crippen LogP contribution >= 0.6 is 0 Å². The average molecular weight is 210 g/mol. The minimum atomic E-state index is 0.659. The Hall–Kier alpha value is -1.94. The van der Waals surface area contributed by atoms with Crippen molar-refractivity contribution in [3.8, 4) is 17.6 Å². The van der Waals surface area contributed by atoms with Gasteiger partial charge in [-0.1, -0.05) is 36.3 Å². The smallest absolute Gasteiger partial charge is 0.142 e. The standard InChI is InChI=1S/C15H14O/c1-3-7-13-11-10-12-8-5-6-9-14(12)15(13)16-4-2/h5-6,8-11H,4H2,1-2H3. The van der Waals surface area contributed by atoms with Crippen LogP contribution in [0.4, 0.5) is 0 Å². The second-order valence-electron chi connectivity index (χ2n) is 3.47. The maximum absolute atomic E-state index is 5.70. The fourth-order valence-electron chi connectivity index (χ4n) is 1.78. The Morgan fingerprint density at radius 2 is 1.94 bits per heavy atom. The van der Waals surface area contributed by atoms with Gasteiger partial charge < -0.3 is 4.74 Å². The van der Waals surface area contributed by atoms with Crippen molar-refractivity contribution in [2.24, 2.45) is 0 Å². The Morgan fingerprint density at radius 3 is 2.69 bits per heavy atom. The molecule has 0 atom stereocenters. The molecule has 0 unspecified atom stereocenters. The summed E-state index contributed by atoms with van der Waals surface area (Å²) in [6.07, 6.45) is 0. The Morgan fingerprint density at radius 1 is 1.12 bits per heavy atom. The molecular weight excluding hydrogens is 196 g/mol. The Bertz CT molecular complexity index is 558. The third kappa shape index (κ3) is 1.87. The summed E-state index contributed by atoms with van der Waals surface area (Å²) in [5, 5.41) is 2.32. The molecule has 0 saturated heterocycles. The van der Waals surface area contributed by atoms with Crippen molar-refractivity contribution in [3.05, 3.63) is 42.0 Å². The molecule has 0 aliphatic carbocycles. The van der Waals surface area contributed by atoms with Crippen LogP contribution in [0.25, 0.3) is 10.8 Å². The van der Waals surface area contributed by atoms with E-state index in [0.29, 0.717) is 6.61 Å². The summed E-state index contributed by atoms with van der Waals surface area (Å²) in [6, 6.07) is 12.3. The minimum Gasteiger partial charge on any atom is -0.492 e. The second kappa shape index (κ2) is 4.72. The Labute approximate surface area is 96.1 Å². The van der Waals surface area contributed by atoms with Crippen molar-refractivity contribution >= 4 is 10.8 Å². The van der Waals surface area contributed by atoms with Crippen molar-refractivity contribution in [1.29, 1.82) is 0 Å². The third-order valence-corrected chi connectivity index (χ3v) is 2.43. The van der Waals surface area contributed by atoms with Gasteiger partial charge in [-0.3, -0.25) is 0 Å². The first-order valence-corrected chi connectivity index (χ1v) is 5.44. The van der Waals surface area contributed by atoms with E-state index in [1.807, 2.05) is 32.0 Å². The van der Waals surface area contributed by atoms with E-state index in [4.69, 9.17) is 4.74 Å². The maximum Gasteiger partial charge on any atom is 0.142 e. The molecule has 2 aromatic rings. The lowest BCUT2D eigenvalue weighted by Gasteiger charge is -2.09. The summed E-state index contributed by atoms with van der Waals surface area (Å²) in [7, 11) is 0. The minimum absolute atomic E-state index is 0.659. The number of fused-ring (bicyclic) bond motifs is 1. The fourth-order valence-corrected chi connectivity index (χ4v) is 1.78. The quantitative estimate of drug-likeness (QED) is 0.688. The molecule has 0 bridgehead atoms. The SMILES string of the molecule is CC#Cc1ccc2ccccc2c1OCC. The van der Waals surface area contributed by atoms with Gasteiger partial charge in [0, 0.05) is 5.39 Å². The molecule has 0 fully saturated rings. The van der Waals surface area contributed by atoms with Crippen LogP contribution in [-0.2, 0) is 0 Å². The molecule has 2 aromatic carbocycles. The van der Waals surface area contributed by atoms with Crippen LogP contribution in [0.1, 0.15) is 19.4 Å². The van der Waals surface area contributed by atoms with E-state index < -0.39 is 0 Å². The van der Waals surface area contributed by atoms with Gasteiger partial charge in [0.25, 0.3) is 0 Å². The van der Waals surface area contributed by atoms with Crippen LogP contribution in [-0.4, -0.2) is 6.61 Å². The lowest BCUT2D eigenvalue weighted by Crippen LogP contribution is -1.95. The largest absolute Gasteiger partial charge is 0.492 e. The zero-order chi connectivity index (χ0) is 11.4.